The number of hydrogen-bond acceptors (Lipinski definition) is 6. The van der Waals surface area contributed by atoms with Gasteiger partial charge < -0.3 is 25.4 Å². The van der Waals surface area contributed by atoms with Crippen molar-refractivity contribution < 1.29 is 19.1 Å². The minimum absolute atomic E-state index is 0.0704. The molecule has 174 valence electrons. The van der Waals surface area contributed by atoms with Crippen LogP contribution in [0.1, 0.15) is 17.0 Å². The summed E-state index contributed by atoms with van der Waals surface area (Å²) in [7, 11) is 4.78. The zero-order chi connectivity index (χ0) is 24.2. The van der Waals surface area contributed by atoms with Crippen LogP contribution in [-0.2, 0) is 9.59 Å². The minimum atomic E-state index is -0.640. The lowest BCUT2D eigenvalue weighted by Gasteiger charge is -2.17. The Labute approximate surface area is 198 Å². The largest absolute Gasteiger partial charge is 0.493 e. The van der Waals surface area contributed by atoms with Gasteiger partial charge in [0.15, 0.2) is 11.5 Å². The van der Waals surface area contributed by atoms with Gasteiger partial charge in [-0.2, -0.15) is 0 Å². The molecule has 1 heterocycles. The molecule has 8 nitrogen and oxygen atoms in total. The fourth-order valence-electron chi connectivity index (χ4n) is 3.93. The fourth-order valence-corrected chi connectivity index (χ4v) is 3.93. The third kappa shape index (κ3) is 4.35. The SMILES string of the molecule is COc1cc2c(cc1OC)C(C(=Nc1ccc(N(C)C(=O)CN)cc1)c1ccccc1)C(=O)N2. The number of methoxy groups -OCH3 is 2. The van der Waals surface area contributed by atoms with Crippen molar-refractivity contribution in [2.45, 2.75) is 5.92 Å². The number of nitrogens with zero attached hydrogens (tertiary/aromatic N) is 2. The molecule has 0 fully saturated rings. The molecule has 34 heavy (non-hydrogen) atoms. The summed E-state index contributed by atoms with van der Waals surface area (Å²) in [5.74, 6) is 0.0558. The first-order chi connectivity index (χ1) is 16.5. The first kappa shape index (κ1) is 23.0. The second-order valence-electron chi connectivity index (χ2n) is 7.75. The van der Waals surface area contributed by atoms with Crippen molar-refractivity contribution in [1.82, 2.24) is 0 Å². The van der Waals surface area contributed by atoms with Crippen molar-refractivity contribution in [2.24, 2.45) is 10.7 Å². The van der Waals surface area contributed by atoms with Gasteiger partial charge in [-0.15, -0.1) is 0 Å². The minimum Gasteiger partial charge on any atom is -0.493 e. The van der Waals surface area contributed by atoms with Gasteiger partial charge in [0.2, 0.25) is 11.8 Å². The molecule has 0 saturated heterocycles. The van der Waals surface area contributed by atoms with Gasteiger partial charge in [-0.1, -0.05) is 30.3 Å². The van der Waals surface area contributed by atoms with E-state index in [9.17, 15) is 9.59 Å². The summed E-state index contributed by atoms with van der Waals surface area (Å²) >= 11 is 0. The maximum Gasteiger partial charge on any atom is 0.240 e. The van der Waals surface area contributed by atoms with Crippen molar-refractivity contribution in [1.29, 1.82) is 0 Å². The van der Waals surface area contributed by atoms with Gasteiger partial charge in [0.05, 0.1) is 32.2 Å². The van der Waals surface area contributed by atoms with Gasteiger partial charge in [-0.05, 0) is 41.5 Å². The van der Waals surface area contributed by atoms with Crippen LogP contribution in [0.2, 0.25) is 0 Å². The Morgan fingerprint density at radius 3 is 2.29 bits per heavy atom. The number of aliphatic imine (C=N–C) groups is 1. The van der Waals surface area contributed by atoms with Gasteiger partial charge in [-0.25, -0.2) is 0 Å². The third-order valence-corrected chi connectivity index (χ3v) is 5.77. The van der Waals surface area contributed by atoms with E-state index in [0.717, 1.165) is 11.1 Å². The van der Waals surface area contributed by atoms with E-state index in [2.05, 4.69) is 5.32 Å². The lowest BCUT2D eigenvalue weighted by Crippen LogP contribution is -2.32. The fraction of sp³-hybridized carbons (Fsp3) is 0.192. The zero-order valence-corrected chi connectivity index (χ0v) is 19.2. The molecule has 1 unspecified atom stereocenters. The Kier molecular flexibility index (Phi) is 6.60. The molecule has 0 radical (unpaired) electrons. The molecular formula is C26H26N4O4. The van der Waals surface area contributed by atoms with E-state index in [0.29, 0.717) is 34.3 Å². The number of hydrogen-bond donors (Lipinski definition) is 2. The highest BCUT2D eigenvalue weighted by atomic mass is 16.5. The van der Waals surface area contributed by atoms with Crippen LogP contribution in [0.3, 0.4) is 0 Å². The monoisotopic (exact) mass is 458 g/mol. The number of ether oxygens (including phenoxy) is 2. The molecule has 0 bridgehead atoms. The average Bonchev–Trinajstić information content (AvgIpc) is 3.20. The highest BCUT2D eigenvalue weighted by Gasteiger charge is 2.36. The Morgan fingerprint density at radius 2 is 1.68 bits per heavy atom. The highest BCUT2D eigenvalue weighted by Crippen LogP contribution is 2.42. The number of carbonyl (C=O) groups is 2. The molecule has 0 saturated carbocycles. The molecule has 0 aliphatic carbocycles. The van der Waals surface area contributed by atoms with Gasteiger partial charge in [0.1, 0.15) is 5.92 Å². The molecule has 1 atom stereocenters. The first-order valence-electron chi connectivity index (χ1n) is 10.7. The molecule has 0 aromatic heterocycles. The van der Waals surface area contributed by atoms with Gasteiger partial charge in [-0.3, -0.25) is 14.6 Å². The first-order valence-corrected chi connectivity index (χ1v) is 10.7. The molecule has 8 heteroatoms. The Balaban J connectivity index is 1.80. The molecule has 4 rings (SSSR count). The van der Waals surface area contributed by atoms with Crippen molar-refractivity contribution in [3.8, 4) is 11.5 Å². The smallest absolute Gasteiger partial charge is 0.240 e. The van der Waals surface area contributed by atoms with Crippen LogP contribution < -0.4 is 25.4 Å². The average molecular weight is 459 g/mol. The van der Waals surface area contributed by atoms with E-state index in [1.165, 1.54) is 4.90 Å². The number of rotatable bonds is 7. The van der Waals surface area contributed by atoms with Crippen LogP contribution >= 0.6 is 0 Å². The number of anilines is 2. The van der Waals surface area contributed by atoms with E-state index >= 15 is 0 Å². The molecule has 1 aliphatic heterocycles. The zero-order valence-electron chi connectivity index (χ0n) is 19.2. The van der Waals surface area contributed by atoms with Crippen LogP contribution in [0.4, 0.5) is 17.1 Å². The molecule has 0 spiro atoms. The lowest BCUT2D eigenvalue weighted by atomic mass is 9.90. The second-order valence-corrected chi connectivity index (χ2v) is 7.75. The topological polar surface area (TPSA) is 106 Å². The predicted molar refractivity (Wildman–Crippen MR) is 132 cm³/mol. The van der Waals surface area contributed by atoms with Gasteiger partial charge >= 0.3 is 0 Å². The van der Waals surface area contributed by atoms with Gasteiger partial charge in [0.25, 0.3) is 0 Å². The molecule has 1 aliphatic rings. The molecule has 2 amide bonds. The molecular weight excluding hydrogens is 432 g/mol. The Hall–Kier alpha value is -4.17. The maximum atomic E-state index is 13.2. The van der Waals surface area contributed by atoms with Crippen molar-refractivity contribution in [3.63, 3.8) is 0 Å². The number of nitrogens with two attached hydrogens (primary N) is 1. The van der Waals surface area contributed by atoms with E-state index in [1.54, 1.807) is 51.6 Å². The summed E-state index contributed by atoms with van der Waals surface area (Å²) in [5, 5.41) is 2.94. The van der Waals surface area contributed by atoms with E-state index in [1.807, 2.05) is 36.4 Å². The standard InChI is InChI=1S/C26H26N4O4/c1-30(23(31)15-27)18-11-9-17(10-12-18)28-25(16-7-5-4-6-8-16)24-19-13-21(33-2)22(34-3)14-20(19)29-26(24)32/h4-14,24H,15,27H2,1-3H3,(H,29,32). The Morgan fingerprint density at radius 1 is 1.03 bits per heavy atom. The summed E-state index contributed by atoms with van der Waals surface area (Å²) < 4.78 is 10.9. The number of likely N-dealkylation sites (N-methyl/N-ethyl adjacent to an activating group) is 1. The van der Waals surface area contributed by atoms with Crippen molar-refractivity contribution in [2.75, 3.05) is 38.0 Å². The molecule has 3 N–H and O–H groups in total. The maximum absolute atomic E-state index is 13.2. The van der Waals surface area contributed by atoms with Gasteiger partial charge in [0, 0.05) is 24.5 Å². The molecule has 3 aromatic rings. The second kappa shape index (κ2) is 9.76. The highest BCUT2D eigenvalue weighted by molar-refractivity contribution is 6.24. The summed E-state index contributed by atoms with van der Waals surface area (Å²) in [5.41, 5.74) is 9.66. The van der Waals surface area contributed by atoms with E-state index in [4.69, 9.17) is 20.2 Å². The number of amides is 2. The summed E-state index contributed by atoms with van der Waals surface area (Å²) in [6.07, 6.45) is 0. The normalized spacial score (nSPS) is 14.9. The number of nitrogens with one attached hydrogen (secondary N) is 1. The third-order valence-electron chi connectivity index (χ3n) is 5.77. The quantitative estimate of drug-likeness (QED) is 0.527. The van der Waals surface area contributed by atoms with E-state index < -0.39 is 5.92 Å². The number of benzene rings is 3. The van der Waals surface area contributed by atoms with Crippen molar-refractivity contribution in [3.05, 3.63) is 77.9 Å². The predicted octanol–water partition coefficient (Wildman–Crippen LogP) is 3.48. The summed E-state index contributed by atoms with van der Waals surface area (Å²) in [6, 6.07) is 20.3. The van der Waals surface area contributed by atoms with E-state index in [-0.39, 0.29) is 18.4 Å². The summed E-state index contributed by atoms with van der Waals surface area (Å²) in [6.45, 7) is -0.0704. The van der Waals surface area contributed by atoms with Crippen LogP contribution in [0, 0.1) is 0 Å². The van der Waals surface area contributed by atoms with Crippen LogP contribution in [0.15, 0.2) is 71.7 Å². The summed E-state index contributed by atoms with van der Waals surface area (Å²) in [4.78, 5) is 31.4. The molecule has 3 aromatic carbocycles. The number of carbonyl (C=O) groups excluding carboxylic acids is 2. The lowest BCUT2D eigenvalue weighted by molar-refractivity contribution is -0.117. The van der Waals surface area contributed by atoms with Crippen LogP contribution in [0.25, 0.3) is 0 Å². The van der Waals surface area contributed by atoms with Crippen LogP contribution in [0.5, 0.6) is 11.5 Å². The Bertz CT molecular complexity index is 1240. The van der Waals surface area contributed by atoms with Crippen LogP contribution in [-0.4, -0.2) is 45.3 Å². The number of fused-ring (bicyclic) bond motifs is 1. The van der Waals surface area contributed by atoms with Crippen molar-refractivity contribution >= 4 is 34.6 Å².